The van der Waals surface area contributed by atoms with E-state index in [1.807, 2.05) is 0 Å². The SMILES string of the molecule is CCNC(C)(c1ccccc1F)C(F)F. The van der Waals surface area contributed by atoms with Crippen molar-refractivity contribution in [3.63, 3.8) is 0 Å². The van der Waals surface area contributed by atoms with E-state index >= 15 is 0 Å². The average Bonchev–Trinajstić information content (AvgIpc) is 2.18. The first-order chi connectivity index (χ1) is 7.02. The van der Waals surface area contributed by atoms with Crippen LogP contribution in [0.4, 0.5) is 13.2 Å². The molecule has 0 spiro atoms. The quantitative estimate of drug-likeness (QED) is 0.817. The Morgan fingerprint density at radius 3 is 2.40 bits per heavy atom. The van der Waals surface area contributed by atoms with Crippen molar-refractivity contribution < 1.29 is 13.2 Å². The molecule has 1 unspecified atom stereocenters. The van der Waals surface area contributed by atoms with E-state index in [-0.39, 0.29) is 5.56 Å². The molecule has 0 aromatic heterocycles. The molecule has 0 radical (unpaired) electrons. The monoisotopic (exact) mass is 217 g/mol. The molecule has 1 nitrogen and oxygen atoms in total. The molecule has 0 aliphatic rings. The minimum absolute atomic E-state index is 0.00171. The second kappa shape index (κ2) is 4.66. The molecule has 0 fully saturated rings. The van der Waals surface area contributed by atoms with Crippen molar-refractivity contribution in [3.8, 4) is 0 Å². The predicted molar refractivity (Wildman–Crippen MR) is 53.4 cm³/mol. The van der Waals surface area contributed by atoms with Gasteiger partial charge in [0.15, 0.2) is 0 Å². The Hall–Kier alpha value is -1.03. The normalized spacial score (nSPS) is 15.3. The van der Waals surface area contributed by atoms with Gasteiger partial charge >= 0.3 is 0 Å². The van der Waals surface area contributed by atoms with Gasteiger partial charge in [0.2, 0.25) is 0 Å². The Morgan fingerprint density at radius 2 is 1.93 bits per heavy atom. The summed E-state index contributed by atoms with van der Waals surface area (Å²) in [6.45, 7) is 3.37. The van der Waals surface area contributed by atoms with Crippen LogP contribution in [0.1, 0.15) is 19.4 Å². The fraction of sp³-hybridized carbons (Fsp3) is 0.455. The van der Waals surface area contributed by atoms with E-state index in [1.165, 1.54) is 25.1 Å². The number of nitrogens with one attached hydrogen (secondary N) is 1. The summed E-state index contributed by atoms with van der Waals surface area (Å²) in [4.78, 5) is 0. The van der Waals surface area contributed by atoms with Gasteiger partial charge in [-0.3, -0.25) is 0 Å². The Morgan fingerprint density at radius 1 is 1.33 bits per heavy atom. The molecule has 0 aliphatic carbocycles. The first-order valence-corrected chi connectivity index (χ1v) is 4.80. The third-order valence-electron chi connectivity index (χ3n) is 2.41. The average molecular weight is 217 g/mol. The van der Waals surface area contributed by atoms with E-state index < -0.39 is 17.8 Å². The van der Waals surface area contributed by atoms with Gasteiger partial charge in [0.05, 0.1) is 0 Å². The highest BCUT2D eigenvalue weighted by Crippen LogP contribution is 2.29. The molecule has 0 heterocycles. The lowest BCUT2D eigenvalue weighted by molar-refractivity contribution is 0.0373. The van der Waals surface area contributed by atoms with Gasteiger partial charge in [0.25, 0.3) is 6.43 Å². The van der Waals surface area contributed by atoms with Crippen LogP contribution in [-0.2, 0) is 5.54 Å². The van der Waals surface area contributed by atoms with Crippen molar-refractivity contribution in [2.24, 2.45) is 0 Å². The molecule has 1 N–H and O–H groups in total. The molecule has 0 saturated carbocycles. The van der Waals surface area contributed by atoms with Crippen molar-refractivity contribution in [2.75, 3.05) is 6.54 Å². The molecule has 0 amide bonds. The number of benzene rings is 1. The lowest BCUT2D eigenvalue weighted by Gasteiger charge is -2.30. The van der Waals surface area contributed by atoms with Gasteiger partial charge in [-0.1, -0.05) is 25.1 Å². The minimum atomic E-state index is -2.66. The molecule has 1 aromatic rings. The van der Waals surface area contributed by atoms with Crippen molar-refractivity contribution in [1.29, 1.82) is 0 Å². The Balaban J connectivity index is 3.15. The largest absolute Gasteiger partial charge is 0.303 e. The smallest absolute Gasteiger partial charge is 0.260 e. The van der Waals surface area contributed by atoms with Crippen molar-refractivity contribution >= 4 is 0 Å². The first-order valence-electron chi connectivity index (χ1n) is 4.80. The summed E-state index contributed by atoms with van der Waals surface area (Å²) in [6.07, 6.45) is -2.66. The van der Waals surface area contributed by atoms with Crippen LogP contribution in [0.5, 0.6) is 0 Å². The lowest BCUT2D eigenvalue weighted by Crippen LogP contribution is -2.46. The fourth-order valence-electron chi connectivity index (χ4n) is 1.54. The van der Waals surface area contributed by atoms with Crippen molar-refractivity contribution in [1.82, 2.24) is 5.32 Å². The van der Waals surface area contributed by atoms with Gasteiger partial charge in [0, 0.05) is 5.56 Å². The molecule has 0 saturated heterocycles. The summed E-state index contributed by atoms with van der Waals surface area (Å²) in [5.41, 5.74) is -1.62. The molecule has 84 valence electrons. The molecule has 1 atom stereocenters. The number of hydrogen-bond donors (Lipinski definition) is 1. The number of alkyl halides is 2. The third-order valence-corrected chi connectivity index (χ3v) is 2.41. The van der Waals surface area contributed by atoms with Crippen LogP contribution in [0.15, 0.2) is 24.3 Å². The fourth-order valence-corrected chi connectivity index (χ4v) is 1.54. The highest BCUT2D eigenvalue weighted by atomic mass is 19.3. The van der Waals surface area contributed by atoms with Gasteiger partial charge in [0.1, 0.15) is 11.4 Å². The van der Waals surface area contributed by atoms with Gasteiger partial charge in [-0.2, -0.15) is 0 Å². The summed E-state index contributed by atoms with van der Waals surface area (Å²) in [7, 11) is 0. The van der Waals surface area contributed by atoms with Gasteiger partial charge in [-0.15, -0.1) is 0 Å². The van der Waals surface area contributed by atoms with Crippen LogP contribution >= 0.6 is 0 Å². The Kier molecular flexibility index (Phi) is 3.74. The number of halogens is 3. The maximum atomic E-state index is 13.4. The van der Waals surface area contributed by atoms with E-state index in [0.29, 0.717) is 6.54 Å². The zero-order chi connectivity index (χ0) is 11.5. The standard InChI is InChI=1S/C11H14F3N/c1-3-15-11(2,10(13)14)8-6-4-5-7-9(8)12/h4-7,10,15H,3H2,1-2H3. The lowest BCUT2D eigenvalue weighted by atomic mass is 9.92. The number of rotatable bonds is 4. The van der Waals surface area contributed by atoms with Crippen LogP contribution in [-0.4, -0.2) is 13.0 Å². The zero-order valence-corrected chi connectivity index (χ0v) is 8.73. The van der Waals surface area contributed by atoms with Gasteiger partial charge in [-0.05, 0) is 19.5 Å². The molecule has 1 aromatic carbocycles. The Labute approximate surface area is 87.3 Å². The number of hydrogen-bond acceptors (Lipinski definition) is 1. The highest BCUT2D eigenvalue weighted by Gasteiger charge is 2.37. The van der Waals surface area contributed by atoms with E-state index in [4.69, 9.17) is 0 Å². The molecule has 1 rings (SSSR count). The van der Waals surface area contributed by atoms with Crippen LogP contribution in [0, 0.1) is 5.82 Å². The van der Waals surface area contributed by atoms with E-state index in [2.05, 4.69) is 5.32 Å². The molecule has 15 heavy (non-hydrogen) atoms. The maximum Gasteiger partial charge on any atom is 0.260 e. The van der Waals surface area contributed by atoms with Crippen molar-refractivity contribution in [2.45, 2.75) is 25.8 Å². The molecule has 4 heteroatoms. The highest BCUT2D eigenvalue weighted by molar-refractivity contribution is 5.26. The summed E-state index contributed by atoms with van der Waals surface area (Å²) in [6, 6.07) is 5.60. The first kappa shape index (κ1) is 12.0. The zero-order valence-electron chi connectivity index (χ0n) is 8.73. The maximum absolute atomic E-state index is 13.4. The second-order valence-corrected chi connectivity index (χ2v) is 3.51. The summed E-state index contributed by atoms with van der Waals surface area (Å²) in [5, 5.41) is 2.63. The van der Waals surface area contributed by atoms with E-state index in [9.17, 15) is 13.2 Å². The molecular formula is C11H14F3N. The summed E-state index contributed by atoms with van der Waals surface area (Å²) >= 11 is 0. The van der Waals surface area contributed by atoms with E-state index in [1.54, 1.807) is 13.0 Å². The van der Waals surface area contributed by atoms with Gasteiger partial charge < -0.3 is 5.32 Å². The third kappa shape index (κ3) is 2.31. The molecular weight excluding hydrogens is 203 g/mol. The van der Waals surface area contributed by atoms with E-state index in [0.717, 1.165) is 0 Å². The van der Waals surface area contributed by atoms with Crippen LogP contribution < -0.4 is 5.32 Å². The Bertz CT molecular complexity index is 327. The van der Waals surface area contributed by atoms with Crippen LogP contribution in [0.2, 0.25) is 0 Å². The second-order valence-electron chi connectivity index (χ2n) is 3.51. The van der Waals surface area contributed by atoms with Crippen LogP contribution in [0.3, 0.4) is 0 Å². The topological polar surface area (TPSA) is 12.0 Å². The van der Waals surface area contributed by atoms with Crippen molar-refractivity contribution in [3.05, 3.63) is 35.6 Å². The summed E-state index contributed by atoms with van der Waals surface area (Å²) in [5.74, 6) is -0.610. The summed E-state index contributed by atoms with van der Waals surface area (Å²) < 4.78 is 39.2. The van der Waals surface area contributed by atoms with Gasteiger partial charge in [-0.25, -0.2) is 13.2 Å². The minimum Gasteiger partial charge on any atom is -0.303 e. The van der Waals surface area contributed by atoms with Crippen LogP contribution in [0.25, 0.3) is 0 Å². The molecule has 0 aliphatic heterocycles. The predicted octanol–water partition coefficient (Wildman–Crippen LogP) is 2.92. The molecule has 0 bridgehead atoms.